The first-order valence-corrected chi connectivity index (χ1v) is 19.4. The van der Waals surface area contributed by atoms with Crippen molar-refractivity contribution >= 4 is 29.4 Å². The fraction of sp³-hybridized carbons (Fsp3) is 0.750. The summed E-state index contributed by atoms with van der Waals surface area (Å²) in [5.41, 5.74) is -2.31. The standard InChI is InChI=1S/C40H59N3O12/c1-11-30-40(8)27(17-31(44)54-40)23(4)32(45)21(2)18-39(7)35(53-38-33(46)29(43(9)10)16-22(3)51-38)24(5)34(25(6)36(47)52-30)49-19-26(20-50-39)42-55-37(48)28-14-12-13-15-41-28/h12-15,21-25,27,29-30,33-35,38,46H,11,16-20H2,1-10H3/b42-26-/t21-,22-,23-,24+,25-,27+,29+,30-,33-,34+,35-,38+,39-,40+/m1/s1. The van der Waals surface area contributed by atoms with Gasteiger partial charge in [-0.15, -0.1) is 0 Å². The SMILES string of the molecule is CC[C@H]1OC(=O)[C@H](C)[C@H]2OC/C(=N/OC(=O)c3ccccn3)CO[C@](C)(C[C@@H](C)C(=O)[C@H](C)[C@@H]3CC(=O)O[C@]13C)[C@H](O[C@@H]1O[C@H](C)C[C@H](N(C)C)[C@H]1O)[C@H]2C. The van der Waals surface area contributed by atoms with Gasteiger partial charge in [-0.25, -0.2) is 9.78 Å². The number of nitrogens with zero attached hydrogens (tertiary/aromatic N) is 3. The van der Waals surface area contributed by atoms with Gasteiger partial charge < -0.3 is 43.3 Å². The molecule has 1 aromatic heterocycles. The van der Waals surface area contributed by atoms with E-state index in [2.05, 4.69) is 10.1 Å². The van der Waals surface area contributed by atoms with Crippen molar-refractivity contribution in [3.05, 3.63) is 30.1 Å². The maximum Gasteiger partial charge on any atom is 0.383 e. The Morgan fingerprint density at radius 2 is 1.80 bits per heavy atom. The molecule has 0 unspecified atom stereocenters. The highest BCUT2D eigenvalue weighted by Gasteiger charge is 2.57. The van der Waals surface area contributed by atoms with Crippen molar-refractivity contribution in [2.45, 2.75) is 135 Å². The molecule has 4 aliphatic heterocycles. The number of ketones is 1. The molecule has 0 radical (unpaired) electrons. The third kappa shape index (κ3) is 9.12. The zero-order valence-electron chi connectivity index (χ0n) is 33.8. The number of hydrogen-bond acceptors (Lipinski definition) is 15. The van der Waals surface area contributed by atoms with Crippen LogP contribution in [-0.4, -0.2) is 126 Å². The molecule has 0 amide bonds. The first kappa shape index (κ1) is 42.8. The van der Waals surface area contributed by atoms with Crippen LogP contribution >= 0.6 is 0 Å². The second kappa shape index (κ2) is 17.4. The van der Waals surface area contributed by atoms with Crippen LogP contribution in [0.1, 0.15) is 91.6 Å². The predicted octanol–water partition coefficient (Wildman–Crippen LogP) is 3.74. The molecule has 0 saturated carbocycles. The monoisotopic (exact) mass is 773 g/mol. The van der Waals surface area contributed by atoms with Crippen molar-refractivity contribution in [2.24, 2.45) is 34.7 Å². The van der Waals surface area contributed by atoms with Gasteiger partial charge in [0.15, 0.2) is 12.0 Å². The number of fused-ring (bicyclic) bond motifs is 4. The molecule has 0 aliphatic carbocycles. The highest BCUT2D eigenvalue weighted by Crippen LogP contribution is 2.46. The Balaban J connectivity index is 1.61. The Bertz CT molecular complexity index is 1580. The van der Waals surface area contributed by atoms with Gasteiger partial charge in [0.1, 0.15) is 29.3 Å². The van der Waals surface area contributed by atoms with Crippen LogP contribution < -0.4 is 0 Å². The summed E-state index contributed by atoms with van der Waals surface area (Å²) in [6.45, 7) is 14.1. The van der Waals surface area contributed by atoms with E-state index < -0.39 is 89.4 Å². The van der Waals surface area contributed by atoms with Gasteiger partial charge in [-0.1, -0.05) is 38.9 Å². The van der Waals surface area contributed by atoms with Crippen LogP contribution in [0.4, 0.5) is 0 Å². The van der Waals surface area contributed by atoms with Gasteiger partial charge in [-0.2, -0.15) is 0 Å². The number of esters is 2. The van der Waals surface area contributed by atoms with Crippen LogP contribution in [0.3, 0.4) is 0 Å². The van der Waals surface area contributed by atoms with Gasteiger partial charge >= 0.3 is 17.9 Å². The summed E-state index contributed by atoms with van der Waals surface area (Å²) in [7, 11) is 3.76. The van der Waals surface area contributed by atoms with Crippen molar-refractivity contribution in [1.82, 2.24) is 9.88 Å². The third-order valence-corrected chi connectivity index (χ3v) is 12.1. The number of rotatable bonds is 6. The number of carbonyl (C=O) groups excluding carboxylic acids is 4. The lowest BCUT2D eigenvalue weighted by atomic mass is 9.70. The fourth-order valence-electron chi connectivity index (χ4n) is 9.04. The van der Waals surface area contributed by atoms with Gasteiger partial charge in [0.05, 0.1) is 49.5 Å². The van der Waals surface area contributed by atoms with Crippen LogP contribution in [0.2, 0.25) is 0 Å². The van der Waals surface area contributed by atoms with Crippen LogP contribution in [0.15, 0.2) is 29.6 Å². The summed E-state index contributed by atoms with van der Waals surface area (Å²) in [5, 5.41) is 15.7. The van der Waals surface area contributed by atoms with E-state index in [4.69, 9.17) is 33.3 Å². The van der Waals surface area contributed by atoms with Crippen molar-refractivity contribution in [1.29, 1.82) is 0 Å². The van der Waals surface area contributed by atoms with Crippen molar-refractivity contribution in [2.75, 3.05) is 27.3 Å². The average Bonchev–Trinajstić information content (AvgIpc) is 3.48. The summed E-state index contributed by atoms with van der Waals surface area (Å²) >= 11 is 0. The van der Waals surface area contributed by atoms with Crippen molar-refractivity contribution in [3.8, 4) is 0 Å². The minimum Gasteiger partial charge on any atom is -0.458 e. The summed E-state index contributed by atoms with van der Waals surface area (Å²) in [6, 6.07) is 4.54. The summed E-state index contributed by atoms with van der Waals surface area (Å²) in [4.78, 5) is 65.7. The maximum atomic E-state index is 14.5. The highest BCUT2D eigenvalue weighted by atomic mass is 16.7. The Hall–Kier alpha value is -3.34. The third-order valence-electron chi connectivity index (χ3n) is 12.1. The normalized spacial score (nSPS) is 41.4. The number of oxime groups is 1. The molecule has 14 atom stereocenters. The molecule has 2 bridgehead atoms. The number of aliphatic hydroxyl groups excluding tert-OH is 1. The molecular weight excluding hydrogens is 714 g/mol. The predicted molar refractivity (Wildman–Crippen MR) is 198 cm³/mol. The zero-order chi connectivity index (χ0) is 40.4. The molecular formula is C40H59N3O12. The van der Waals surface area contributed by atoms with Gasteiger partial charge in [0.25, 0.3) is 0 Å². The smallest absolute Gasteiger partial charge is 0.383 e. The number of ether oxygens (including phenoxy) is 6. The van der Waals surface area contributed by atoms with E-state index >= 15 is 0 Å². The Labute approximate surface area is 323 Å². The lowest BCUT2D eigenvalue weighted by Gasteiger charge is -2.48. The molecule has 4 saturated heterocycles. The van der Waals surface area contributed by atoms with Crippen LogP contribution in [-0.2, 0) is 47.6 Å². The fourth-order valence-corrected chi connectivity index (χ4v) is 9.04. The number of carbonyl (C=O) groups is 4. The number of cyclic esters (lactones) is 1. The van der Waals surface area contributed by atoms with E-state index in [1.807, 2.05) is 53.6 Å². The maximum absolute atomic E-state index is 14.5. The molecule has 15 heteroatoms. The molecule has 1 N–H and O–H groups in total. The molecule has 4 fully saturated rings. The second-order valence-electron chi connectivity index (χ2n) is 16.5. The number of hydrogen-bond donors (Lipinski definition) is 1. The first-order chi connectivity index (χ1) is 25.9. The van der Waals surface area contributed by atoms with Gasteiger partial charge in [-0.3, -0.25) is 14.4 Å². The van der Waals surface area contributed by atoms with E-state index in [0.29, 0.717) is 12.8 Å². The van der Waals surface area contributed by atoms with Crippen LogP contribution in [0.5, 0.6) is 0 Å². The highest BCUT2D eigenvalue weighted by molar-refractivity contribution is 5.90. The largest absolute Gasteiger partial charge is 0.458 e. The average molecular weight is 774 g/mol. The molecule has 5 heterocycles. The van der Waals surface area contributed by atoms with Gasteiger partial charge in [-0.05, 0) is 73.2 Å². The Morgan fingerprint density at radius 3 is 2.45 bits per heavy atom. The minimum atomic E-state index is -1.31. The van der Waals surface area contributed by atoms with E-state index in [1.54, 1.807) is 32.9 Å². The quantitative estimate of drug-likeness (QED) is 0.251. The van der Waals surface area contributed by atoms with Crippen molar-refractivity contribution in [3.63, 3.8) is 0 Å². The number of Topliss-reactive ketones (excluding diaryl/α,β-unsaturated/α-hetero) is 1. The summed E-state index contributed by atoms with van der Waals surface area (Å²) < 4.78 is 38.5. The van der Waals surface area contributed by atoms with E-state index in [9.17, 15) is 24.3 Å². The lowest BCUT2D eigenvalue weighted by Crippen LogP contribution is -2.60. The Morgan fingerprint density at radius 1 is 1.07 bits per heavy atom. The molecule has 55 heavy (non-hydrogen) atoms. The van der Waals surface area contributed by atoms with Crippen LogP contribution in [0, 0.1) is 29.6 Å². The van der Waals surface area contributed by atoms with E-state index in [-0.39, 0.29) is 55.4 Å². The topological polar surface area (TPSA) is 182 Å². The summed E-state index contributed by atoms with van der Waals surface area (Å²) in [5.74, 6) is -5.38. The molecule has 306 valence electrons. The van der Waals surface area contributed by atoms with Crippen LogP contribution in [0.25, 0.3) is 0 Å². The summed E-state index contributed by atoms with van der Waals surface area (Å²) in [6.07, 6.45) is -2.62. The molecule has 0 aromatic carbocycles. The molecule has 15 nitrogen and oxygen atoms in total. The molecule has 5 rings (SSSR count). The van der Waals surface area contributed by atoms with E-state index in [0.717, 1.165) is 0 Å². The zero-order valence-corrected chi connectivity index (χ0v) is 33.8. The van der Waals surface area contributed by atoms with E-state index in [1.165, 1.54) is 12.3 Å². The van der Waals surface area contributed by atoms with Gasteiger partial charge in [0.2, 0.25) is 0 Å². The first-order valence-electron chi connectivity index (χ1n) is 19.4. The molecule has 0 spiro atoms. The number of pyridine rings is 1. The number of aromatic nitrogens is 1. The molecule has 1 aromatic rings. The lowest BCUT2D eigenvalue weighted by molar-refractivity contribution is -0.302. The second-order valence-corrected chi connectivity index (χ2v) is 16.5. The minimum absolute atomic E-state index is 0.00117. The Kier molecular flexibility index (Phi) is 13.6. The number of likely N-dealkylation sites (N-methyl/N-ethyl adjacent to an activating group) is 1. The molecule has 4 aliphatic rings. The number of aliphatic hydroxyl groups is 1. The van der Waals surface area contributed by atoms with Gasteiger partial charge in [0, 0.05) is 35.9 Å². The van der Waals surface area contributed by atoms with Crippen molar-refractivity contribution < 1.29 is 57.5 Å².